The Hall–Kier alpha value is -0.700. The van der Waals surface area contributed by atoms with E-state index in [0.29, 0.717) is 0 Å². The monoisotopic (exact) mass is 195 g/mol. The number of hydrogen-bond donors (Lipinski definition) is 2. The normalized spacial score (nSPS) is 29.4. The van der Waals surface area contributed by atoms with Crippen LogP contribution in [0.3, 0.4) is 0 Å². The van der Waals surface area contributed by atoms with E-state index in [9.17, 15) is 0 Å². The highest BCUT2D eigenvalue weighted by Crippen LogP contribution is 2.44. The number of nitrogens with zero attached hydrogens (tertiary/aromatic N) is 1. The molecule has 0 aromatic carbocycles. The summed E-state index contributed by atoms with van der Waals surface area (Å²) in [5, 5.41) is 5.32. The van der Waals surface area contributed by atoms with Crippen molar-refractivity contribution >= 4 is 0 Å². The molecule has 3 N–H and O–H groups in total. The summed E-state index contributed by atoms with van der Waals surface area (Å²) >= 11 is 0. The van der Waals surface area contributed by atoms with Gasteiger partial charge in [-0.05, 0) is 26.7 Å². The number of hydrazine groups is 1. The van der Waals surface area contributed by atoms with Crippen LogP contribution in [0.1, 0.15) is 46.0 Å². The van der Waals surface area contributed by atoms with Crippen molar-refractivity contribution in [3.05, 3.63) is 12.4 Å². The maximum atomic E-state index is 6.03. The van der Waals surface area contributed by atoms with Crippen LogP contribution in [0.2, 0.25) is 0 Å². The third-order valence-electron chi connectivity index (χ3n) is 4.15. The molecule has 0 bridgehead atoms. The van der Waals surface area contributed by atoms with Crippen molar-refractivity contribution in [3.8, 4) is 0 Å². The van der Waals surface area contributed by atoms with E-state index in [1.54, 1.807) is 5.01 Å². The van der Waals surface area contributed by atoms with Crippen LogP contribution in [0.5, 0.6) is 0 Å². The standard InChI is InChI=1S/C11H21N3/c1-9-13-11(7-5-4-6-8-11)10(2,3)14(9)12/h13H,1,4-8,12H2,2-3H3. The van der Waals surface area contributed by atoms with Crippen molar-refractivity contribution in [2.24, 2.45) is 5.84 Å². The fourth-order valence-corrected chi connectivity index (χ4v) is 2.95. The Balaban J connectivity index is 2.30. The molecule has 0 amide bonds. The first-order valence-corrected chi connectivity index (χ1v) is 5.52. The summed E-state index contributed by atoms with van der Waals surface area (Å²) < 4.78 is 0. The summed E-state index contributed by atoms with van der Waals surface area (Å²) in [6, 6.07) is 0. The molecule has 1 spiro atoms. The van der Waals surface area contributed by atoms with E-state index in [1.807, 2.05) is 0 Å². The molecule has 14 heavy (non-hydrogen) atoms. The summed E-state index contributed by atoms with van der Waals surface area (Å²) in [6.07, 6.45) is 6.39. The van der Waals surface area contributed by atoms with Gasteiger partial charge in [0.1, 0.15) is 5.82 Å². The van der Waals surface area contributed by atoms with E-state index in [2.05, 4.69) is 25.7 Å². The van der Waals surface area contributed by atoms with Crippen molar-refractivity contribution in [1.82, 2.24) is 10.3 Å². The lowest BCUT2D eigenvalue weighted by Gasteiger charge is -2.45. The highest BCUT2D eigenvalue weighted by atomic mass is 15.5. The molecular weight excluding hydrogens is 174 g/mol. The van der Waals surface area contributed by atoms with E-state index in [4.69, 9.17) is 5.84 Å². The second-order valence-corrected chi connectivity index (χ2v) is 5.14. The Morgan fingerprint density at radius 2 is 1.86 bits per heavy atom. The Morgan fingerprint density at radius 3 is 2.29 bits per heavy atom. The molecule has 1 saturated carbocycles. The van der Waals surface area contributed by atoms with E-state index >= 15 is 0 Å². The molecule has 0 aromatic heterocycles. The van der Waals surface area contributed by atoms with Gasteiger partial charge in [0, 0.05) is 0 Å². The minimum absolute atomic E-state index is 0.00942. The summed E-state index contributed by atoms with van der Waals surface area (Å²) in [5.74, 6) is 6.90. The van der Waals surface area contributed by atoms with Crippen LogP contribution in [0, 0.1) is 0 Å². The molecule has 0 aromatic rings. The third kappa shape index (κ3) is 1.08. The highest BCUT2D eigenvalue weighted by Gasteiger charge is 2.54. The van der Waals surface area contributed by atoms with Gasteiger partial charge in [-0.1, -0.05) is 25.8 Å². The molecule has 3 heteroatoms. The average molecular weight is 195 g/mol. The zero-order valence-electron chi connectivity index (χ0n) is 9.27. The number of nitrogens with one attached hydrogen (secondary N) is 1. The van der Waals surface area contributed by atoms with Gasteiger partial charge in [-0.25, -0.2) is 5.84 Å². The summed E-state index contributed by atoms with van der Waals surface area (Å²) in [7, 11) is 0. The van der Waals surface area contributed by atoms with Crippen LogP contribution in [0.15, 0.2) is 12.4 Å². The molecule has 3 nitrogen and oxygen atoms in total. The minimum atomic E-state index is -0.00942. The lowest BCUT2D eigenvalue weighted by atomic mass is 9.70. The Kier molecular flexibility index (Phi) is 2.03. The fraction of sp³-hybridized carbons (Fsp3) is 0.818. The molecule has 1 saturated heterocycles. The van der Waals surface area contributed by atoms with Crippen LogP contribution in [-0.4, -0.2) is 16.1 Å². The highest BCUT2D eigenvalue weighted by molar-refractivity contribution is 5.20. The van der Waals surface area contributed by atoms with Gasteiger partial charge in [0.25, 0.3) is 0 Å². The van der Waals surface area contributed by atoms with E-state index in [0.717, 1.165) is 5.82 Å². The van der Waals surface area contributed by atoms with Gasteiger partial charge in [0.2, 0.25) is 0 Å². The molecule has 2 fully saturated rings. The molecule has 2 rings (SSSR count). The summed E-state index contributed by atoms with van der Waals surface area (Å²) in [5.41, 5.74) is 0.154. The third-order valence-corrected chi connectivity index (χ3v) is 4.15. The molecule has 0 unspecified atom stereocenters. The maximum Gasteiger partial charge on any atom is 0.109 e. The predicted octanol–water partition coefficient (Wildman–Crippen LogP) is 1.72. The van der Waals surface area contributed by atoms with E-state index in [-0.39, 0.29) is 11.1 Å². The summed E-state index contributed by atoms with van der Waals surface area (Å²) in [6.45, 7) is 8.39. The first-order chi connectivity index (χ1) is 6.50. The van der Waals surface area contributed by atoms with Crippen LogP contribution in [0.4, 0.5) is 0 Å². The largest absolute Gasteiger partial charge is 0.363 e. The average Bonchev–Trinajstić information content (AvgIpc) is 2.30. The number of rotatable bonds is 0. The topological polar surface area (TPSA) is 41.3 Å². The van der Waals surface area contributed by atoms with Crippen molar-refractivity contribution < 1.29 is 0 Å². The molecule has 80 valence electrons. The SMILES string of the molecule is C=C1NC2(CCCCC2)C(C)(C)N1N. The van der Waals surface area contributed by atoms with Crippen molar-refractivity contribution in [3.63, 3.8) is 0 Å². The number of hydrogen-bond acceptors (Lipinski definition) is 3. The quantitative estimate of drug-likeness (QED) is 0.578. The molecule has 1 aliphatic carbocycles. The molecule has 1 aliphatic heterocycles. The molecular formula is C11H21N3. The second kappa shape index (κ2) is 2.89. The Morgan fingerprint density at radius 1 is 1.29 bits per heavy atom. The van der Waals surface area contributed by atoms with Crippen LogP contribution in [-0.2, 0) is 0 Å². The lowest BCUT2D eigenvalue weighted by Crippen LogP contribution is -2.59. The molecule has 1 heterocycles. The zero-order valence-corrected chi connectivity index (χ0v) is 9.27. The summed E-state index contributed by atoms with van der Waals surface area (Å²) in [4.78, 5) is 0. The molecule has 0 radical (unpaired) electrons. The van der Waals surface area contributed by atoms with Gasteiger partial charge < -0.3 is 5.32 Å². The van der Waals surface area contributed by atoms with Crippen LogP contribution in [0.25, 0.3) is 0 Å². The molecule has 0 atom stereocenters. The van der Waals surface area contributed by atoms with Crippen molar-refractivity contribution in [2.75, 3.05) is 0 Å². The van der Waals surface area contributed by atoms with Gasteiger partial charge >= 0.3 is 0 Å². The van der Waals surface area contributed by atoms with Crippen LogP contribution >= 0.6 is 0 Å². The van der Waals surface area contributed by atoms with Crippen molar-refractivity contribution in [1.29, 1.82) is 0 Å². The lowest BCUT2D eigenvalue weighted by molar-refractivity contribution is 0.0959. The van der Waals surface area contributed by atoms with Gasteiger partial charge in [0.15, 0.2) is 0 Å². The van der Waals surface area contributed by atoms with Crippen LogP contribution < -0.4 is 11.2 Å². The van der Waals surface area contributed by atoms with Gasteiger partial charge in [-0.15, -0.1) is 0 Å². The van der Waals surface area contributed by atoms with Gasteiger partial charge in [0.05, 0.1) is 11.1 Å². The van der Waals surface area contributed by atoms with Gasteiger partial charge in [-0.3, -0.25) is 5.01 Å². The van der Waals surface area contributed by atoms with E-state index in [1.165, 1.54) is 32.1 Å². The Labute approximate surface area is 86.3 Å². The zero-order chi connectivity index (χ0) is 10.4. The second-order valence-electron chi connectivity index (χ2n) is 5.14. The maximum absolute atomic E-state index is 6.03. The fourth-order valence-electron chi connectivity index (χ4n) is 2.95. The first kappa shape index (κ1) is 9.84. The predicted molar refractivity (Wildman–Crippen MR) is 58.2 cm³/mol. The minimum Gasteiger partial charge on any atom is -0.363 e. The van der Waals surface area contributed by atoms with Gasteiger partial charge in [-0.2, -0.15) is 0 Å². The smallest absolute Gasteiger partial charge is 0.109 e. The Bertz CT molecular complexity index is 251. The first-order valence-electron chi connectivity index (χ1n) is 5.52. The van der Waals surface area contributed by atoms with Crippen molar-refractivity contribution in [2.45, 2.75) is 57.0 Å². The number of nitrogens with two attached hydrogens (primary N) is 1. The van der Waals surface area contributed by atoms with E-state index < -0.39 is 0 Å². The molecule has 2 aliphatic rings.